The maximum atomic E-state index is 14.8. The lowest BCUT2D eigenvalue weighted by atomic mass is 9.97. The highest BCUT2D eigenvalue weighted by atomic mass is 32.2. The van der Waals surface area contributed by atoms with E-state index < -0.39 is 125 Å². The maximum absolute atomic E-state index is 14.8. The van der Waals surface area contributed by atoms with E-state index in [1.807, 2.05) is 6.92 Å². The highest BCUT2D eigenvalue weighted by Gasteiger charge is 2.48. The molecule has 0 aromatic heterocycles. The van der Waals surface area contributed by atoms with Crippen molar-refractivity contribution in [1.29, 1.82) is 0 Å². The largest absolute Gasteiger partial charge is 0.508 e. The molecule has 9 amide bonds. The topological polar surface area (TPSA) is 255 Å². The zero-order valence-corrected chi connectivity index (χ0v) is 40.1. The van der Waals surface area contributed by atoms with E-state index in [1.54, 1.807) is 19.1 Å². The van der Waals surface area contributed by atoms with Crippen molar-refractivity contribution in [2.45, 2.75) is 146 Å². The molecule has 1 unspecified atom stereocenters. The Balaban J connectivity index is 1.21. The molecule has 0 bridgehead atoms. The maximum Gasteiger partial charge on any atom is 0.246 e. The minimum absolute atomic E-state index is 0.00416. The van der Waals surface area contributed by atoms with E-state index in [0.29, 0.717) is 69.8 Å². The average Bonchev–Trinajstić information content (AvgIpc) is 4.19. The summed E-state index contributed by atoms with van der Waals surface area (Å²) < 4.78 is 12.3. The second kappa shape index (κ2) is 22.2. The third-order valence-corrected chi connectivity index (χ3v) is 15.5. The van der Waals surface area contributed by atoms with Crippen LogP contribution < -0.4 is 21.3 Å². The molecule has 6 aliphatic heterocycles. The lowest BCUT2D eigenvalue weighted by Gasteiger charge is -2.35. The molecule has 5 N–H and O–H groups in total. The Kier molecular flexibility index (Phi) is 16.4. The number of phenols is 1. The average molecular weight is 966 g/mol. The number of hydrogen-bond donors (Lipinski definition) is 5. The van der Waals surface area contributed by atoms with Crippen LogP contribution in [0.2, 0.25) is 0 Å². The van der Waals surface area contributed by atoms with Crippen molar-refractivity contribution >= 4 is 64.0 Å². The van der Waals surface area contributed by atoms with Gasteiger partial charge in [0, 0.05) is 62.0 Å². The number of phenolic OH excluding ortho intramolecular Hbond substituents is 1. The van der Waals surface area contributed by atoms with Crippen LogP contribution in [0.5, 0.6) is 5.75 Å². The molecular formula is C47H67N9O11S. The summed E-state index contributed by atoms with van der Waals surface area (Å²) in [5, 5.41) is 21.1. The summed E-state index contributed by atoms with van der Waals surface area (Å²) in [6, 6.07) is -2.03. The summed E-state index contributed by atoms with van der Waals surface area (Å²) in [7, 11) is -1.36. The Hall–Kier alpha value is -5.60. The van der Waals surface area contributed by atoms with Crippen LogP contribution in [0.25, 0.3) is 0 Å². The standard InChI is InChI=1S/C47H67N9O11S/c1-4-28(2)39-43(62)48-27-38(58)52-20-7-12-35(52)45(64)56-24-9-14-37(56)47(66)54-22-6-11-34(54)42(61)50-32(26-29-15-17-30(57)18-16-29)44(63)55-23-8-13-36(55)46(65)53-21-5-10-33(53)41(60)49-31(40(59)51-39)19-25-68(3)67/h15-18,28,31-37,39,57H,4-14,19-27H2,1-3H3,(H,48,62)(H,49,60)(H,50,61)(H,51,59)/t28-,31-,32-,33-,34-,35-,36-,37-,39-,68?/m1/s1. The summed E-state index contributed by atoms with van der Waals surface area (Å²) >= 11 is 0. The first-order chi connectivity index (χ1) is 32.6. The van der Waals surface area contributed by atoms with Crippen LogP contribution in [0.4, 0.5) is 0 Å². The predicted molar refractivity (Wildman–Crippen MR) is 247 cm³/mol. The van der Waals surface area contributed by atoms with Crippen LogP contribution in [-0.4, -0.2) is 187 Å². The smallest absolute Gasteiger partial charge is 0.246 e. The molecule has 21 heteroatoms. The number of hydrogen-bond acceptors (Lipinski definition) is 11. The van der Waals surface area contributed by atoms with Gasteiger partial charge >= 0.3 is 0 Å². The van der Waals surface area contributed by atoms with Gasteiger partial charge in [-0.05, 0) is 94.2 Å². The molecule has 6 aliphatic rings. The first-order valence-electron chi connectivity index (χ1n) is 24.4. The fourth-order valence-electron chi connectivity index (χ4n) is 10.8. The van der Waals surface area contributed by atoms with Crippen LogP contribution in [0.3, 0.4) is 0 Å². The predicted octanol–water partition coefficient (Wildman–Crippen LogP) is -0.711. The normalized spacial score (nSPS) is 30.5. The molecule has 0 spiro atoms. The van der Waals surface area contributed by atoms with E-state index in [0.717, 1.165) is 0 Å². The van der Waals surface area contributed by atoms with Gasteiger partial charge in [0.2, 0.25) is 53.2 Å². The Labute approximate surface area is 399 Å². The number of fused-ring (bicyclic) bond motifs is 5. The number of aromatic hydroxyl groups is 1. The van der Waals surface area contributed by atoms with Crippen molar-refractivity contribution in [2.24, 2.45) is 5.92 Å². The molecule has 20 nitrogen and oxygen atoms in total. The Morgan fingerprint density at radius 3 is 1.53 bits per heavy atom. The quantitative estimate of drug-likeness (QED) is 0.228. The van der Waals surface area contributed by atoms with Crippen LogP contribution in [0, 0.1) is 5.92 Å². The monoisotopic (exact) mass is 965 g/mol. The molecule has 6 saturated heterocycles. The van der Waals surface area contributed by atoms with Crippen molar-refractivity contribution in [3.8, 4) is 5.75 Å². The first-order valence-corrected chi connectivity index (χ1v) is 26.1. The number of rotatable bonds is 7. The summed E-state index contributed by atoms with van der Waals surface area (Å²) in [5.74, 6) is -5.19. The molecule has 68 heavy (non-hydrogen) atoms. The van der Waals surface area contributed by atoms with Gasteiger partial charge in [-0.3, -0.25) is 47.4 Å². The van der Waals surface area contributed by atoms with Crippen molar-refractivity contribution in [3.05, 3.63) is 29.8 Å². The van der Waals surface area contributed by atoms with Gasteiger partial charge in [0.25, 0.3) is 0 Å². The highest BCUT2D eigenvalue weighted by Crippen LogP contribution is 2.30. The lowest BCUT2D eigenvalue weighted by molar-refractivity contribution is -0.151. The Bertz CT molecular complexity index is 2140. The van der Waals surface area contributed by atoms with Gasteiger partial charge in [-0.15, -0.1) is 0 Å². The summed E-state index contributed by atoms with van der Waals surface area (Å²) in [4.78, 5) is 136. The van der Waals surface area contributed by atoms with E-state index in [4.69, 9.17) is 0 Å². The number of benzene rings is 1. The first kappa shape index (κ1) is 50.3. The molecule has 0 saturated carbocycles. The number of nitrogens with one attached hydrogen (secondary N) is 4. The van der Waals surface area contributed by atoms with Crippen LogP contribution >= 0.6 is 0 Å². The third kappa shape index (κ3) is 11.1. The molecular weight excluding hydrogens is 899 g/mol. The van der Waals surface area contributed by atoms with E-state index >= 15 is 0 Å². The number of carbonyl (C=O) groups excluding carboxylic acids is 9. The van der Waals surface area contributed by atoms with Gasteiger partial charge in [0.15, 0.2) is 0 Å². The fraction of sp³-hybridized carbons (Fsp3) is 0.681. The summed E-state index contributed by atoms with van der Waals surface area (Å²) in [6.07, 6.45) is 5.99. The molecule has 372 valence electrons. The molecule has 0 radical (unpaired) electrons. The second-order valence-corrected chi connectivity index (χ2v) is 20.7. The summed E-state index contributed by atoms with van der Waals surface area (Å²) in [5.41, 5.74) is 0.621. The molecule has 0 aliphatic carbocycles. The summed E-state index contributed by atoms with van der Waals surface area (Å²) in [6.45, 7) is 4.33. The third-order valence-electron chi connectivity index (χ3n) is 14.7. The van der Waals surface area contributed by atoms with Crippen molar-refractivity contribution < 1.29 is 52.5 Å². The van der Waals surface area contributed by atoms with Gasteiger partial charge in [0.1, 0.15) is 54.1 Å². The minimum Gasteiger partial charge on any atom is -0.508 e. The number of carbonyl (C=O) groups is 9. The van der Waals surface area contributed by atoms with E-state index in [9.17, 15) is 52.5 Å². The van der Waals surface area contributed by atoms with Crippen molar-refractivity contribution in [3.63, 3.8) is 0 Å². The van der Waals surface area contributed by atoms with E-state index in [2.05, 4.69) is 21.3 Å². The van der Waals surface area contributed by atoms with Gasteiger partial charge in [-0.1, -0.05) is 32.4 Å². The number of nitrogens with zero attached hydrogens (tertiary/aromatic N) is 5. The zero-order chi connectivity index (χ0) is 48.8. The highest BCUT2D eigenvalue weighted by molar-refractivity contribution is 7.84. The molecule has 7 rings (SSSR count). The van der Waals surface area contributed by atoms with Gasteiger partial charge in [-0.25, -0.2) is 0 Å². The Morgan fingerprint density at radius 1 is 0.588 bits per heavy atom. The molecule has 10 atom stereocenters. The molecule has 6 fully saturated rings. The number of amides is 9. The second-order valence-electron chi connectivity index (χ2n) is 19.2. The van der Waals surface area contributed by atoms with E-state index in [-0.39, 0.29) is 63.5 Å². The minimum atomic E-state index is -1.36. The molecule has 1 aromatic carbocycles. The van der Waals surface area contributed by atoms with Gasteiger partial charge in [0.05, 0.1) is 6.54 Å². The van der Waals surface area contributed by atoms with Crippen molar-refractivity contribution in [2.75, 3.05) is 51.3 Å². The molecule has 1 aromatic rings. The van der Waals surface area contributed by atoms with E-state index in [1.165, 1.54) is 42.9 Å². The van der Waals surface area contributed by atoms with Crippen molar-refractivity contribution in [1.82, 2.24) is 45.8 Å². The Morgan fingerprint density at radius 2 is 1.03 bits per heavy atom. The molecule has 6 heterocycles. The van der Waals surface area contributed by atoms with Gasteiger partial charge in [-0.2, -0.15) is 0 Å². The van der Waals surface area contributed by atoms with Crippen LogP contribution in [0.15, 0.2) is 24.3 Å². The van der Waals surface area contributed by atoms with Gasteiger partial charge < -0.3 is 50.9 Å². The zero-order valence-electron chi connectivity index (χ0n) is 39.3. The van der Waals surface area contributed by atoms with Crippen LogP contribution in [0.1, 0.15) is 96.5 Å². The SMILES string of the molecule is CC[C@@H](C)[C@H]1NC(=O)[C@@H](CCS(C)=O)NC(=O)[C@H]2CCCN2C(=O)[C@H]2CCCN2C(=O)[C@@H](Cc2ccc(O)cc2)NC(=O)[C@H]2CCCN2C(=O)[C@H]2CCCN2C(=O)[C@H]2CCCN2C(=O)CNC1=O. The van der Waals surface area contributed by atoms with Crippen LogP contribution in [-0.2, 0) is 60.4 Å². The lowest BCUT2D eigenvalue weighted by Crippen LogP contribution is -2.60. The fourth-order valence-corrected chi connectivity index (χ4v) is 11.3.